The second-order valence-electron chi connectivity index (χ2n) is 3.18. The Morgan fingerprint density at radius 1 is 1.31 bits per heavy atom. The van der Waals surface area contributed by atoms with Crippen LogP contribution in [0.3, 0.4) is 0 Å². The topological polar surface area (TPSA) is 43.1 Å². The summed E-state index contributed by atoms with van der Waals surface area (Å²) in [6.45, 7) is 1.38. The van der Waals surface area contributed by atoms with Crippen LogP contribution in [-0.4, -0.2) is 10.8 Å². The third-order valence-corrected chi connectivity index (χ3v) is 2.65. The van der Waals surface area contributed by atoms with Gasteiger partial charge in [0.2, 0.25) is 5.78 Å². The van der Waals surface area contributed by atoms with Crippen LogP contribution >= 0.6 is 23.2 Å². The summed E-state index contributed by atoms with van der Waals surface area (Å²) in [6.07, 6.45) is 1.43. The van der Waals surface area contributed by atoms with Gasteiger partial charge in [-0.25, -0.2) is 4.98 Å². The lowest BCUT2D eigenvalue weighted by Gasteiger charge is -2.01. The molecule has 3 nitrogen and oxygen atoms in total. The third kappa shape index (κ3) is 1.96. The van der Waals surface area contributed by atoms with Crippen molar-refractivity contribution in [1.29, 1.82) is 0 Å². The molecule has 0 fully saturated rings. The van der Waals surface area contributed by atoms with Gasteiger partial charge < -0.3 is 4.42 Å². The summed E-state index contributed by atoms with van der Waals surface area (Å²) in [5, 5.41) is 0.914. The molecule has 0 aliphatic rings. The Morgan fingerprint density at radius 2 is 1.94 bits per heavy atom. The molecule has 0 aliphatic heterocycles. The third-order valence-electron chi connectivity index (χ3n) is 2.02. The molecule has 1 aromatic heterocycles. The van der Waals surface area contributed by atoms with Crippen LogP contribution in [0.2, 0.25) is 10.0 Å². The average molecular weight is 256 g/mol. The lowest BCUT2D eigenvalue weighted by Crippen LogP contribution is -1.89. The Bertz CT molecular complexity index is 528. The highest BCUT2D eigenvalue weighted by molar-refractivity contribution is 6.39. The molecule has 5 heteroatoms. The zero-order chi connectivity index (χ0) is 11.7. The summed E-state index contributed by atoms with van der Waals surface area (Å²) in [7, 11) is 0. The molecule has 0 radical (unpaired) electrons. The fourth-order valence-electron chi connectivity index (χ4n) is 1.29. The van der Waals surface area contributed by atoms with Crippen LogP contribution in [0.4, 0.5) is 0 Å². The molecular weight excluding hydrogens is 249 g/mol. The molecule has 0 bridgehead atoms. The molecule has 1 heterocycles. The number of aromatic nitrogens is 1. The van der Waals surface area contributed by atoms with Crippen molar-refractivity contribution in [3.8, 4) is 11.3 Å². The molecule has 1 aromatic carbocycles. The Morgan fingerprint density at radius 3 is 2.44 bits per heavy atom. The quantitative estimate of drug-likeness (QED) is 0.766. The van der Waals surface area contributed by atoms with Crippen LogP contribution in [0.1, 0.15) is 17.6 Å². The van der Waals surface area contributed by atoms with Crippen molar-refractivity contribution in [3.05, 3.63) is 40.3 Å². The summed E-state index contributed by atoms with van der Waals surface area (Å²) >= 11 is 12.0. The van der Waals surface area contributed by atoms with E-state index in [0.717, 1.165) is 0 Å². The maximum Gasteiger partial charge on any atom is 0.263 e. The number of rotatable bonds is 2. The number of hydrogen-bond acceptors (Lipinski definition) is 3. The summed E-state index contributed by atoms with van der Waals surface area (Å²) in [5.41, 5.74) is 0.547. The maximum absolute atomic E-state index is 11.0. The zero-order valence-electron chi connectivity index (χ0n) is 8.33. The van der Waals surface area contributed by atoms with Crippen molar-refractivity contribution in [1.82, 2.24) is 4.98 Å². The predicted octanol–water partition coefficient (Wildman–Crippen LogP) is 3.85. The highest BCUT2D eigenvalue weighted by Crippen LogP contribution is 2.34. The van der Waals surface area contributed by atoms with E-state index in [0.29, 0.717) is 21.4 Å². The summed E-state index contributed by atoms with van der Waals surface area (Å²) < 4.78 is 5.26. The highest BCUT2D eigenvalue weighted by atomic mass is 35.5. The lowest BCUT2D eigenvalue weighted by atomic mass is 10.2. The molecule has 0 saturated heterocycles. The van der Waals surface area contributed by atoms with Crippen LogP contribution < -0.4 is 0 Å². The van der Waals surface area contributed by atoms with Crippen LogP contribution in [0.15, 0.2) is 28.8 Å². The summed E-state index contributed by atoms with van der Waals surface area (Å²) in [6, 6.07) is 5.12. The van der Waals surface area contributed by atoms with Gasteiger partial charge in [-0.05, 0) is 12.1 Å². The molecule has 0 unspecified atom stereocenters. The van der Waals surface area contributed by atoms with Gasteiger partial charge in [-0.1, -0.05) is 29.3 Å². The molecule has 82 valence electrons. The van der Waals surface area contributed by atoms with Crippen molar-refractivity contribution in [3.63, 3.8) is 0 Å². The standard InChI is InChI=1S/C11H7Cl2NO2/c1-6(15)11-14-5-9(16-11)10-7(12)3-2-4-8(10)13/h2-5H,1H3. The Hall–Kier alpha value is -1.32. The fraction of sp³-hybridized carbons (Fsp3) is 0.0909. The zero-order valence-corrected chi connectivity index (χ0v) is 9.84. The van der Waals surface area contributed by atoms with Crippen molar-refractivity contribution in [2.45, 2.75) is 6.92 Å². The summed E-state index contributed by atoms with van der Waals surface area (Å²) in [4.78, 5) is 14.9. The Balaban J connectivity index is 2.54. The second kappa shape index (κ2) is 4.28. The number of carbonyl (C=O) groups excluding carboxylic acids is 1. The molecule has 16 heavy (non-hydrogen) atoms. The van der Waals surface area contributed by atoms with Gasteiger partial charge in [0.05, 0.1) is 21.8 Å². The van der Waals surface area contributed by atoms with E-state index in [-0.39, 0.29) is 11.7 Å². The molecule has 0 aliphatic carbocycles. The van der Waals surface area contributed by atoms with Crippen molar-refractivity contribution in [2.75, 3.05) is 0 Å². The van der Waals surface area contributed by atoms with Gasteiger partial charge in [0, 0.05) is 6.92 Å². The first-order valence-corrected chi connectivity index (χ1v) is 5.26. The molecule has 0 spiro atoms. The predicted molar refractivity (Wildman–Crippen MR) is 62.0 cm³/mol. The first-order chi connectivity index (χ1) is 7.59. The fourth-order valence-corrected chi connectivity index (χ4v) is 1.87. The molecule has 0 N–H and O–H groups in total. The number of Topliss-reactive ketones (excluding diaryl/α,β-unsaturated/α-hetero) is 1. The molecule has 2 rings (SSSR count). The number of carbonyl (C=O) groups is 1. The largest absolute Gasteiger partial charge is 0.434 e. The van der Waals surface area contributed by atoms with Gasteiger partial charge in [0.25, 0.3) is 5.89 Å². The minimum absolute atomic E-state index is 0.0472. The van der Waals surface area contributed by atoms with E-state index in [9.17, 15) is 4.79 Å². The minimum Gasteiger partial charge on any atom is -0.434 e. The van der Waals surface area contributed by atoms with Gasteiger partial charge in [-0.2, -0.15) is 0 Å². The van der Waals surface area contributed by atoms with Gasteiger partial charge in [0.15, 0.2) is 5.76 Å². The number of oxazole rings is 1. The Labute approximate surface area is 102 Å². The van der Waals surface area contributed by atoms with Crippen LogP contribution in [0.5, 0.6) is 0 Å². The number of benzene rings is 1. The number of halogens is 2. The minimum atomic E-state index is -0.241. The lowest BCUT2D eigenvalue weighted by molar-refractivity contribution is 0.0981. The van der Waals surface area contributed by atoms with E-state index in [1.165, 1.54) is 13.1 Å². The van der Waals surface area contributed by atoms with E-state index in [4.69, 9.17) is 27.6 Å². The maximum atomic E-state index is 11.0. The molecule has 0 atom stereocenters. The Kier molecular flexibility index (Phi) is 2.99. The molecule has 0 saturated carbocycles. The van der Waals surface area contributed by atoms with Crippen LogP contribution in [0.25, 0.3) is 11.3 Å². The summed E-state index contributed by atoms with van der Waals surface area (Å²) in [5.74, 6) is 0.196. The first kappa shape index (κ1) is 11.2. The number of ketones is 1. The normalized spacial score (nSPS) is 10.4. The van der Waals surface area contributed by atoms with E-state index in [1.807, 2.05) is 0 Å². The monoisotopic (exact) mass is 255 g/mol. The van der Waals surface area contributed by atoms with E-state index < -0.39 is 0 Å². The second-order valence-corrected chi connectivity index (χ2v) is 4.00. The highest BCUT2D eigenvalue weighted by Gasteiger charge is 2.14. The van der Waals surface area contributed by atoms with Crippen molar-refractivity contribution < 1.29 is 9.21 Å². The number of hydrogen-bond donors (Lipinski definition) is 0. The molecule has 0 amide bonds. The van der Waals surface area contributed by atoms with Crippen molar-refractivity contribution >= 4 is 29.0 Å². The van der Waals surface area contributed by atoms with Gasteiger partial charge >= 0.3 is 0 Å². The van der Waals surface area contributed by atoms with Gasteiger partial charge in [-0.15, -0.1) is 0 Å². The first-order valence-electron chi connectivity index (χ1n) is 4.50. The van der Waals surface area contributed by atoms with E-state index in [2.05, 4.69) is 4.98 Å². The SMILES string of the molecule is CC(=O)c1ncc(-c2c(Cl)cccc2Cl)o1. The average Bonchev–Trinajstić information content (AvgIpc) is 2.66. The van der Waals surface area contributed by atoms with Crippen LogP contribution in [-0.2, 0) is 0 Å². The van der Waals surface area contributed by atoms with Crippen LogP contribution in [0, 0.1) is 0 Å². The van der Waals surface area contributed by atoms with Gasteiger partial charge in [0.1, 0.15) is 0 Å². The molecule has 2 aromatic rings. The number of nitrogens with zero attached hydrogens (tertiary/aromatic N) is 1. The van der Waals surface area contributed by atoms with Gasteiger partial charge in [-0.3, -0.25) is 4.79 Å². The van der Waals surface area contributed by atoms with E-state index >= 15 is 0 Å². The molecular formula is C11H7Cl2NO2. The van der Waals surface area contributed by atoms with Crippen molar-refractivity contribution in [2.24, 2.45) is 0 Å². The van der Waals surface area contributed by atoms with E-state index in [1.54, 1.807) is 18.2 Å². The smallest absolute Gasteiger partial charge is 0.263 e.